The van der Waals surface area contributed by atoms with Crippen LogP contribution in [0.2, 0.25) is 0 Å². The van der Waals surface area contributed by atoms with Crippen LogP contribution in [-0.4, -0.2) is 13.7 Å². The predicted molar refractivity (Wildman–Crippen MR) is 82.3 cm³/mol. The Morgan fingerprint density at radius 1 is 1.26 bits per heavy atom. The molecule has 1 atom stereocenters. The highest BCUT2D eigenvalue weighted by Gasteiger charge is 2.20. The Kier molecular flexibility index (Phi) is 4.61. The molecular weight excluding hydrogens is 254 g/mol. The van der Waals surface area contributed by atoms with E-state index in [-0.39, 0.29) is 6.04 Å². The number of hydrogen-bond acceptors (Lipinski definition) is 3. The Morgan fingerprint density at radius 2 is 2.00 bits per heavy atom. The first-order valence-corrected chi connectivity index (χ1v) is 7.42. The summed E-state index contributed by atoms with van der Waals surface area (Å²) < 4.78 is 5.51. The van der Waals surface area contributed by atoms with Crippen molar-refractivity contribution >= 4 is 11.3 Å². The monoisotopic (exact) mass is 275 g/mol. The Labute approximate surface area is 119 Å². The molecule has 19 heavy (non-hydrogen) atoms. The van der Waals surface area contributed by atoms with Crippen molar-refractivity contribution in [1.82, 2.24) is 5.32 Å². The van der Waals surface area contributed by atoms with Gasteiger partial charge in [-0.2, -0.15) is 0 Å². The van der Waals surface area contributed by atoms with Gasteiger partial charge in [0.15, 0.2) is 0 Å². The topological polar surface area (TPSA) is 21.3 Å². The van der Waals surface area contributed by atoms with Crippen molar-refractivity contribution < 1.29 is 4.74 Å². The van der Waals surface area contributed by atoms with E-state index in [1.165, 1.54) is 20.9 Å². The van der Waals surface area contributed by atoms with Gasteiger partial charge in [0.1, 0.15) is 5.75 Å². The molecule has 1 aromatic carbocycles. The summed E-state index contributed by atoms with van der Waals surface area (Å²) in [6.07, 6.45) is 0. The second kappa shape index (κ2) is 6.22. The fourth-order valence-electron chi connectivity index (χ4n) is 2.40. The molecule has 0 spiro atoms. The molecule has 2 aromatic rings. The normalized spacial score (nSPS) is 12.4. The Balaban J connectivity index is 2.48. The maximum atomic E-state index is 5.51. The van der Waals surface area contributed by atoms with E-state index in [9.17, 15) is 0 Å². The molecule has 3 heteroatoms. The van der Waals surface area contributed by atoms with Gasteiger partial charge in [0.2, 0.25) is 0 Å². The quantitative estimate of drug-likeness (QED) is 0.888. The van der Waals surface area contributed by atoms with E-state index < -0.39 is 0 Å². The number of nitrogens with one attached hydrogen (secondary N) is 1. The number of thiophene rings is 1. The van der Waals surface area contributed by atoms with E-state index in [4.69, 9.17) is 4.74 Å². The number of benzene rings is 1. The van der Waals surface area contributed by atoms with Gasteiger partial charge in [-0.15, -0.1) is 11.3 Å². The molecule has 2 rings (SSSR count). The van der Waals surface area contributed by atoms with Crippen LogP contribution in [-0.2, 0) is 0 Å². The van der Waals surface area contributed by atoms with Gasteiger partial charge in [0.25, 0.3) is 0 Å². The third-order valence-electron chi connectivity index (χ3n) is 3.20. The summed E-state index contributed by atoms with van der Waals surface area (Å²) in [7, 11) is 1.73. The van der Waals surface area contributed by atoms with Crippen LogP contribution >= 0.6 is 11.3 Å². The lowest BCUT2D eigenvalue weighted by molar-refractivity contribution is 0.404. The van der Waals surface area contributed by atoms with Crippen molar-refractivity contribution in [3.8, 4) is 5.75 Å². The fraction of sp³-hybridized carbons (Fsp3) is 0.375. The Bertz CT molecular complexity index is 547. The van der Waals surface area contributed by atoms with Crippen LogP contribution in [0.3, 0.4) is 0 Å². The van der Waals surface area contributed by atoms with E-state index in [0.29, 0.717) is 0 Å². The highest BCUT2D eigenvalue weighted by Crippen LogP contribution is 2.35. The molecular formula is C16H21NOS. The number of para-hydroxylation sites is 1. The van der Waals surface area contributed by atoms with Crippen LogP contribution < -0.4 is 10.1 Å². The lowest BCUT2D eigenvalue weighted by atomic mass is 10.0. The van der Waals surface area contributed by atoms with Gasteiger partial charge in [-0.05, 0) is 38.1 Å². The number of ether oxygens (including phenoxy) is 1. The number of hydrogen-bond donors (Lipinski definition) is 1. The summed E-state index contributed by atoms with van der Waals surface area (Å²) in [6.45, 7) is 7.41. The maximum absolute atomic E-state index is 5.51. The molecule has 1 aromatic heterocycles. The summed E-state index contributed by atoms with van der Waals surface area (Å²) in [5.74, 6) is 0.943. The molecule has 0 aliphatic rings. The van der Waals surface area contributed by atoms with Gasteiger partial charge in [0.05, 0.1) is 13.2 Å². The number of methoxy groups -OCH3 is 1. The van der Waals surface area contributed by atoms with Gasteiger partial charge in [-0.25, -0.2) is 0 Å². The number of rotatable bonds is 5. The van der Waals surface area contributed by atoms with E-state index in [2.05, 4.69) is 44.3 Å². The highest BCUT2D eigenvalue weighted by molar-refractivity contribution is 7.12. The Morgan fingerprint density at radius 3 is 2.58 bits per heavy atom. The van der Waals surface area contributed by atoms with Crippen LogP contribution in [0.25, 0.3) is 0 Å². The van der Waals surface area contributed by atoms with Crippen LogP contribution in [0.5, 0.6) is 5.75 Å². The summed E-state index contributed by atoms with van der Waals surface area (Å²) in [4.78, 5) is 2.73. The predicted octanol–water partition coefficient (Wildman–Crippen LogP) is 4.07. The van der Waals surface area contributed by atoms with Crippen molar-refractivity contribution in [3.63, 3.8) is 0 Å². The molecule has 0 aliphatic heterocycles. The molecule has 0 aliphatic carbocycles. The van der Waals surface area contributed by atoms with Crippen molar-refractivity contribution in [2.45, 2.75) is 26.8 Å². The van der Waals surface area contributed by atoms with Crippen molar-refractivity contribution in [2.75, 3.05) is 13.7 Å². The Hall–Kier alpha value is -1.32. The zero-order valence-corrected chi connectivity index (χ0v) is 12.8. The minimum atomic E-state index is 0.208. The van der Waals surface area contributed by atoms with E-state index in [0.717, 1.165) is 12.3 Å². The molecule has 2 nitrogen and oxygen atoms in total. The first kappa shape index (κ1) is 14.1. The first-order chi connectivity index (χ1) is 9.17. The van der Waals surface area contributed by atoms with Gasteiger partial charge in [0, 0.05) is 15.3 Å². The zero-order chi connectivity index (χ0) is 13.8. The standard InChI is InChI=1S/C16H21NOS/c1-5-17-15(16-11(2)10-12(3)19-16)13-8-6-7-9-14(13)18-4/h6-10,15,17H,5H2,1-4H3. The molecule has 0 saturated heterocycles. The molecule has 0 radical (unpaired) electrons. The van der Waals surface area contributed by atoms with Gasteiger partial charge in [-0.1, -0.05) is 25.1 Å². The fourth-order valence-corrected chi connectivity index (χ4v) is 3.53. The van der Waals surface area contributed by atoms with Crippen LogP contribution in [0, 0.1) is 13.8 Å². The summed E-state index contributed by atoms with van der Waals surface area (Å²) in [5, 5.41) is 3.57. The minimum Gasteiger partial charge on any atom is -0.496 e. The van der Waals surface area contributed by atoms with Crippen LogP contribution in [0.1, 0.15) is 33.8 Å². The van der Waals surface area contributed by atoms with Crippen LogP contribution in [0.4, 0.5) is 0 Å². The van der Waals surface area contributed by atoms with Gasteiger partial charge >= 0.3 is 0 Å². The smallest absolute Gasteiger partial charge is 0.124 e. The van der Waals surface area contributed by atoms with Crippen molar-refractivity contribution in [1.29, 1.82) is 0 Å². The molecule has 0 bridgehead atoms. The average molecular weight is 275 g/mol. The second-order valence-electron chi connectivity index (χ2n) is 4.64. The zero-order valence-electron chi connectivity index (χ0n) is 12.0. The number of aryl methyl sites for hydroxylation is 2. The van der Waals surface area contributed by atoms with Crippen LogP contribution in [0.15, 0.2) is 30.3 Å². The molecule has 102 valence electrons. The highest BCUT2D eigenvalue weighted by atomic mass is 32.1. The maximum Gasteiger partial charge on any atom is 0.124 e. The second-order valence-corrected chi connectivity index (χ2v) is 5.92. The molecule has 0 saturated carbocycles. The summed E-state index contributed by atoms with van der Waals surface area (Å²) in [6, 6.07) is 10.7. The lowest BCUT2D eigenvalue weighted by Gasteiger charge is -2.20. The minimum absolute atomic E-state index is 0.208. The molecule has 0 fully saturated rings. The van der Waals surface area contributed by atoms with E-state index >= 15 is 0 Å². The average Bonchev–Trinajstić information content (AvgIpc) is 2.75. The SMILES string of the molecule is CCNC(c1ccccc1OC)c1sc(C)cc1C. The largest absolute Gasteiger partial charge is 0.496 e. The molecule has 1 unspecified atom stereocenters. The summed E-state index contributed by atoms with van der Waals surface area (Å²) in [5.41, 5.74) is 2.55. The lowest BCUT2D eigenvalue weighted by Crippen LogP contribution is -2.22. The van der Waals surface area contributed by atoms with Gasteiger partial charge in [-0.3, -0.25) is 0 Å². The van der Waals surface area contributed by atoms with Gasteiger partial charge < -0.3 is 10.1 Å². The van der Waals surface area contributed by atoms with Crippen molar-refractivity contribution in [3.05, 3.63) is 51.2 Å². The first-order valence-electron chi connectivity index (χ1n) is 6.60. The third-order valence-corrected chi connectivity index (χ3v) is 4.42. The summed E-state index contributed by atoms with van der Waals surface area (Å²) >= 11 is 1.86. The van der Waals surface area contributed by atoms with Crippen molar-refractivity contribution in [2.24, 2.45) is 0 Å². The molecule has 0 amide bonds. The van der Waals surface area contributed by atoms with E-state index in [1.807, 2.05) is 23.5 Å². The van der Waals surface area contributed by atoms with E-state index in [1.54, 1.807) is 7.11 Å². The molecule has 1 heterocycles. The third kappa shape index (κ3) is 2.99. The molecule has 1 N–H and O–H groups in total.